The van der Waals surface area contributed by atoms with Crippen LogP contribution < -0.4 is 4.90 Å². The molecule has 94 valence electrons. The number of fused-ring (bicyclic) bond motifs is 1. The van der Waals surface area contributed by atoms with Gasteiger partial charge in [-0.15, -0.1) is 0 Å². The van der Waals surface area contributed by atoms with Gasteiger partial charge < -0.3 is 0 Å². The van der Waals surface area contributed by atoms with Gasteiger partial charge in [-0.3, -0.25) is 9.59 Å². The van der Waals surface area contributed by atoms with Gasteiger partial charge in [0.2, 0.25) is 0 Å². The van der Waals surface area contributed by atoms with Gasteiger partial charge in [0.15, 0.2) is 0 Å². The van der Waals surface area contributed by atoms with Gasteiger partial charge in [-0.1, -0.05) is 12.1 Å². The lowest BCUT2D eigenvalue weighted by molar-refractivity contribution is 0.0926. The summed E-state index contributed by atoms with van der Waals surface area (Å²) in [5.41, 5.74) is 1.74. The Kier molecular flexibility index (Phi) is 2.45. The molecule has 3 rings (SSSR count). The molecule has 2 aromatic rings. The predicted octanol–water partition coefficient (Wildman–Crippen LogP) is 2.93. The van der Waals surface area contributed by atoms with Crippen molar-refractivity contribution >= 4 is 17.5 Å². The Bertz CT molecular complexity index is 674. The van der Waals surface area contributed by atoms with Gasteiger partial charge in [-0.2, -0.15) is 0 Å². The highest BCUT2D eigenvalue weighted by Gasteiger charge is 2.36. The summed E-state index contributed by atoms with van der Waals surface area (Å²) < 4.78 is 13.1. The second-order valence-corrected chi connectivity index (χ2v) is 4.42. The van der Waals surface area contributed by atoms with E-state index in [0.717, 1.165) is 4.90 Å². The Morgan fingerprint density at radius 3 is 2.05 bits per heavy atom. The summed E-state index contributed by atoms with van der Waals surface area (Å²) in [5.74, 6) is -1.12. The first-order chi connectivity index (χ1) is 9.09. The predicted molar refractivity (Wildman–Crippen MR) is 68.7 cm³/mol. The zero-order valence-corrected chi connectivity index (χ0v) is 10.2. The van der Waals surface area contributed by atoms with Gasteiger partial charge in [-0.25, -0.2) is 9.29 Å². The Morgan fingerprint density at radius 1 is 0.947 bits per heavy atom. The molecule has 1 heterocycles. The summed E-state index contributed by atoms with van der Waals surface area (Å²) in [6.07, 6.45) is 0. The van der Waals surface area contributed by atoms with Crippen molar-refractivity contribution in [2.45, 2.75) is 6.92 Å². The van der Waals surface area contributed by atoms with Crippen LogP contribution in [0.4, 0.5) is 10.1 Å². The second kappa shape index (κ2) is 4.02. The minimum atomic E-state index is -0.391. The molecule has 1 aliphatic heterocycles. The van der Waals surface area contributed by atoms with Crippen molar-refractivity contribution < 1.29 is 14.0 Å². The first-order valence-corrected chi connectivity index (χ1v) is 5.83. The fourth-order valence-corrected chi connectivity index (χ4v) is 2.28. The number of rotatable bonds is 1. The minimum Gasteiger partial charge on any atom is -0.268 e. The van der Waals surface area contributed by atoms with Crippen LogP contribution in [0.2, 0.25) is 0 Å². The van der Waals surface area contributed by atoms with Crippen LogP contribution in [-0.4, -0.2) is 11.8 Å². The number of amides is 2. The third kappa shape index (κ3) is 1.64. The van der Waals surface area contributed by atoms with Crippen LogP contribution in [0.3, 0.4) is 0 Å². The fraction of sp³-hybridized carbons (Fsp3) is 0.0667. The molecule has 0 atom stereocenters. The number of hydrogen-bond donors (Lipinski definition) is 0. The van der Waals surface area contributed by atoms with E-state index >= 15 is 0 Å². The van der Waals surface area contributed by atoms with E-state index in [9.17, 15) is 14.0 Å². The lowest BCUT2D eigenvalue weighted by Crippen LogP contribution is -2.30. The highest BCUT2D eigenvalue weighted by molar-refractivity contribution is 6.34. The molecule has 3 nitrogen and oxygen atoms in total. The van der Waals surface area contributed by atoms with Crippen molar-refractivity contribution in [2.75, 3.05) is 4.90 Å². The molecule has 4 heteroatoms. The molecule has 0 fully saturated rings. The molecule has 0 spiro atoms. The summed E-state index contributed by atoms with van der Waals surface area (Å²) in [6.45, 7) is 1.67. The molecule has 0 saturated heterocycles. The molecule has 2 aromatic carbocycles. The van der Waals surface area contributed by atoms with E-state index in [1.165, 1.54) is 18.2 Å². The van der Waals surface area contributed by atoms with Gasteiger partial charge in [0, 0.05) is 0 Å². The topological polar surface area (TPSA) is 37.4 Å². The van der Waals surface area contributed by atoms with E-state index in [-0.39, 0.29) is 11.8 Å². The minimum absolute atomic E-state index is 0.365. The molecule has 19 heavy (non-hydrogen) atoms. The highest BCUT2D eigenvalue weighted by atomic mass is 19.1. The first-order valence-electron chi connectivity index (χ1n) is 5.83. The summed E-state index contributed by atoms with van der Waals surface area (Å²) >= 11 is 0. The monoisotopic (exact) mass is 255 g/mol. The quantitative estimate of drug-likeness (QED) is 0.735. The van der Waals surface area contributed by atoms with Crippen molar-refractivity contribution in [3.8, 4) is 0 Å². The fourth-order valence-electron chi connectivity index (χ4n) is 2.28. The van der Waals surface area contributed by atoms with Crippen LogP contribution in [0.15, 0.2) is 42.5 Å². The molecule has 0 radical (unpaired) electrons. The van der Waals surface area contributed by atoms with Crippen LogP contribution in [0, 0.1) is 12.7 Å². The van der Waals surface area contributed by atoms with Crippen LogP contribution in [0.1, 0.15) is 26.3 Å². The van der Waals surface area contributed by atoms with Crippen molar-refractivity contribution in [1.29, 1.82) is 0 Å². The number of hydrogen-bond acceptors (Lipinski definition) is 2. The van der Waals surface area contributed by atoms with Gasteiger partial charge in [0.25, 0.3) is 11.8 Å². The zero-order chi connectivity index (χ0) is 13.6. The second-order valence-electron chi connectivity index (χ2n) is 4.42. The molecule has 0 N–H and O–H groups in total. The maximum Gasteiger partial charge on any atom is 0.266 e. The average molecular weight is 255 g/mol. The molecular formula is C15H10FNO2. The molecule has 0 saturated carbocycles. The summed E-state index contributed by atoms with van der Waals surface area (Å²) in [5, 5.41) is 0. The van der Waals surface area contributed by atoms with E-state index in [0.29, 0.717) is 22.4 Å². The summed E-state index contributed by atoms with van der Waals surface area (Å²) in [4.78, 5) is 25.6. The van der Waals surface area contributed by atoms with Gasteiger partial charge in [-0.05, 0) is 42.8 Å². The van der Waals surface area contributed by atoms with Crippen molar-refractivity contribution in [1.82, 2.24) is 0 Å². The third-order valence-electron chi connectivity index (χ3n) is 3.19. The van der Waals surface area contributed by atoms with Crippen molar-refractivity contribution in [3.63, 3.8) is 0 Å². The largest absolute Gasteiger partial charge is 0.268 e. The van der Waals surface area contributed by atoms with Gasteiger partial charge in [0.1, 0.15) is 5.82 Å². The van der Waals surface area contributed by atoms with Gasteiger partial charge >= 0.3 is 0 Å². The number of halogens is 1. The van der Waals surface area contributed by atoms with E-state index in [4.69, 9.17) is 0 Å². The van der Waals surface area contributed by atoms with Crippen LogP contribution in [0.5, 0.6) is 0 Å². The Labute approximate surface area is 109 Å². The summed E-state index contributed by atoms with van der Waals surface area (Å²) in [7, 11) is 0. The zero-order valence-electron chi connectivity index (χ0n) is 10.2. The Morgan fingerprint density at radius 2 is 1.53 bits per heavy atom. The Balaban J connectivity index is 2.14. The summed E-state index contributed by atoms with van der Waals surface area (Å²) in [6, 6.07) is 10.7. The van der Waals surface area contributed by atoms with Crippen LogP contribution in [0.25, 0.3) is 0 Å². The average Bonchev–Trinajstić information content (AvgIpc) is 2.64. The third-order valence-corrected chi connectivity index (χ3v) is 3.19. The lowest BCUT2D eigenvalue weighted by Gasteiger charge is -2.16. The van der Waals surface area contributed by atoms with E-state index < -0.39 is 5.82 Å². The standard InChI is InChI=1S/C15H10FNO2/c1-9-8-10(16)6-7-13(9)17-14(18)11-4-2-3-5-12(11)15(17)19/h2-8H,1H3. The number of carbonyl (C=O) groups is 2. The number of nitrogens with zero attached hydrogens (tertiary/aromatic N) is 1. The molecule has 0 aliphatic carbocycles. The van der Waals surface area contributed by atoms with Gasteiger partial charge in [0.05, 0.1) is 16.8 Å². The maximum atomic E-state index is 13.1. The van der Waals surface area contributed by atoms with Crippen molar-refractivity contribution in [2.24, 2.45) is 0 Å². The maximum absolute atomic E-state index is 13.1. The normalized spacial score (nSPS) is 13.9. The highest BCUT2D eigenvalue weighted by Crippen LogP contribution is 2.30. The van der Waals surface area contributed by atoms with Crippen molar-refractivity contribution in [3.05, 3.63) is 65.0 Å². The number of anilines is 1. The Hall–Kier alpha value is -2.49. The van der Waals surface area contributed by atoms with Crippen LogP contribution >= 0.6 is 0 Å². The van der Waals surface area contributed by atoms with E-state index in [1.807, 2.05) is 0 Å². The molecule has 2 amide bonds. The van der Waals surface area contributed by atoms with Crippen LogP contribution in [-0.2, 0) is 0 Å². The SMILES string of the molecule is Cc1cc(F)ccc1N1C(=O)c2ccccc2C1=O. The molecular weight excluding hydrogens is 245 g/mol. The number of benzene rings is 2. The number of carbonyl (C=O) groups excluding carboxylic acids is 2. The molecule has 0 bridgehead atoms. The van der Waals surface area contributed by atoms with E-state index in [2.05, 4.69) is 0 Å². The number of imide groups is 1. The smallest absolute Gasteiger partial charge is 0.266 e. The number of aryl methyl sites for hydroxylation is 1. The molecule has 0 unspecified atom stereocenters. The first kappa shape index (κ1) is 11.6. The molecule has 1 aliphatic rings. The molecule has 0 aromatic heterocycles. The lowest BCUT2D eigenvalue weighted by atomic mass is 10.1. The van der Waals surface area contributed by atoms with E-state index in [1.54, 1.807) is 31.2 Å².